The molecule has 1 atom stereocenters. The molecule has 10 nitrogen and oxygen atoms in total. The smallest absolute Gasteiger partial charge is 0.241 e. The molecule has 0 bridgehead atoms. The highest BCUT2D eigenvalue weighted by Crippen LogP contribution is 2.23. The average Bonchev–Trinajstić information content (AvgIpc) is 2.65. The summed E-state index contributed by atoms with van der Waals surface area (Å²) < 4.78 is 27.8. The molecule has 144 valence electrons. The van der Waals surface area contributed by atoms with Gasteiger partial charge in [0.1, 0.15) is 6.04 Å². The van der Waals surface area contributed by atoms with Crippen molar-refractivity contribution < 1.29 is 13.2 Å². The Morgan fingerprint density at radius 3 is 2.33 bits per heavy atom. The Kier molecular flexibility index (Phi) is 8.12. The van der Waals surface area contributed by atoms with E-state index in [1.807, 2.05) is 18.2 Å². The number of benzene rings is 2. The number of carbonyl (C=O) groups is 1. The quantitative estimate of drug-likeness (QED) is 0.210. The molecule has 0 heterocycles. The second-order valence-corrected chi connectivity index (χ2v) is 7.18. The predicted molar refractivity (Wildman–Crippen MR) is 101 cm³/mol. The lowest BCUT2D eigenvalue weighted by atomic mass is 10.1. The topological polar surface area (TPSA) is 201 Å². The van der Waals surface area contributed by atoms with E-state index in [4.69, 9.17) is 28.0 Å². The third kappa shape index (κ3) is 6.21. The molecule has 0 fully saturated rings. The summed E-state index contributed by atoms with van der Waals surface area (Å²) in [5, 5.41) is 13.4. The van der Waals surface area contributed by atoms with Crippen LogP contribution in [0.1, 0.15) is 12.8 Å². The number of guanidine groups is 1. The lowest BCUT2D eigenvalue weighted by Gasteiger charge is -2.16. The maximum Gasteiger partial charge on any atom is 0.241 e. The van der Waals surface area contributed by atoms with E-state index in [0.717, 1.165) is 5.39 Å². The Morgan fingerprint density at radius 1 is 1.07 bits per heavy atom. The summed E-state index contributed by atoms with van der Waals surface area (Å²) >= 11 is 0. The number of aliphatic imine (C=N–C) groups is 1. The number of amides is 1. The first-order valence-electron chi connectivity index (χ1n) is 7.86. The van der Waals surface area contributed by atoms with Gasteiger partial charge in [0.2, 0.25) is 15.9 Å². The van der Waals surface area contributed by atoms with E-state index in [1.165, 1.54) is 6.07 Å². The van der Waals surface area contributed by atoms with Gasteiger partial charge in [-0.3, -0.25) is 9.79 Å². The van der Waals surface area contributed by atoms with Crippen LogP contribution in [0.2, 0.25) is 0 Å². The number of rotatable bonds is 8. The van der Waals surface area contributed by atoms with Crippen molar-refractivity contribution in [3.8, 4) is 0 Å². The van der Waals surface area contributed by atoms with Gasteiger partial charge in [0.25, 0.3) is 0 Å². The molecule has 0 saturated heterocycles. The van der Waals surface area contributed by atoms with Crippen LogP contribution in [0.15, 0.2) is 52.4 Å². The second kappa shape index (κ2) is 10.0. The summed E-state index contributed by atoms with van der Waals surface area (Å²) in [6.45, 7) is 0.280. The monoisotopic (exact) mass is 391 g/mol. The molecule has 0 aliphatic rings. The van der Waals surface area contributed by atoms with Crippen molar-refractivity contribution in [1.29, 1.82) is 10.8 Å². The molecule has 2 aromatic rings. The Morgan fingerprint density at radius 2 is 1.70 bits per heavy atom. The normalized spacial score (nSPS) is 11.8. The Labute approximate surface area is 156 Å². The first-order chi connectivity index (χ1) is 12.8. The van der Waals surface area contributed by atoms with E-state index in [1.54, 1.807) is 18.2 Å². The van der Waals surface area contributed by atoms with E-state index >= 15 is 0 Å². The largest absolute Gasteiger partial charge is 0.370 e. The van der Waals surface area contributed by atoms with Crippen LogP contribution in [0.5, 0.6) is 0 Å². The zero-order chi connectivity index (χ0) is 20.4. The van der Waals surface area contributed by atoms with Gasteiger partial charge in [0, 0.05) is 22.7 Å². The first kappa shape index (κ1) is 21.8. The van der Waals surface area contributed by atoms with Crippen LogP contribution >= 0.6 is 0 Å². The number of nitrogens with zero attached hydrogens (tertiary/aromatic N) is 3. The van der Waals surface area contributed by atoms with Gasteiger partial charge in [0.05, 0.1) is 4.90 Å². The minimum Gasteiger partial charge on any atom is -0.370 e. The minimum absolute atomic E-state index is 0.0630. The van der Waals surface area contributed by atoms with E-state index in [-0.39, 0.29) is 23.8 Å². The summed E-state index contributed by atoms with van der Waals surface area (Å²) in [4.78, 5) is 15.5. The third-order valence-corrected chi connectivity index (χ3v) is 5.16. The molecule has 7 N–H and O–H groups in total. The van der Waals surface area contributed by atoms with Crippen molar-refractivity contribution >= 4 is 32.7 Å². The van der Waals surface area contributed by atoms with E-state index in [0.29, 0.717) is 11.8 Å². The maximum atomic E-state index is 12.7. The molecule has 11 heteroatoms. The van der Waals surface area contributed by atoms with Crippen LogP contribution in [0.25, 0.3) is 10.8 Å². The summed E-state index contributed by atoms with van der Waals surface area (Å²) in [5.74, 6) is -0.819. The minimum atomic E-state index is -3.92. The number of primary amides is 1. The van der Waals surface area contributed by atoms with Gasteiger partial charge in [-0.05, 0) is 24.3 Å². The van der Waals surface area contributed by atoms with Crippen LogP contribution in [-0.4, -0.2) is 32.9 Å². The summed E-state index contributed by atoms with van der Waals surface area (Å²) in [6, 6.07) is 11.0. The Hall–Kier alpha value is -3.23. The number of nitrogens with two attached hydrogens (primary N) is 3. The lowest BCUT2D eigenvalue weighted by molar-refractivity contribution is -0.119. The molecule has 27 heavy (non-hydrogen) atoms. The summed E-state index contributed by atoms with van der Waals surface area (Å²) in [6.07, 6.45) is 0.597. The van der Waals surface area contributed by atoms with Gasteiger partial charge < -0.3 is 17.2 Å². The molecule has 0 aromatic heterocycles. The predicted octanol–water partition coefficient (Wildman–Crippen LogP) is 0.0558. The van der Waals surface area contributed by atoms with Gasteiger partial charge in [-0.15, -0.1) is 0 Å². The Bertz CT molecular complexity index is 932. The first-order valence-corrected chi connectivity index (χ1v) is 9.34. The van der Waals surface area contributed by atoms with Gasteiger partial charge >= 0.3 is 0 Å². The van der Waals surface area contributed by atoms with Crippen LogP contribution in [-0.2, 0) is 14.8 Å². The molecule has 0 spiro atoms. The molecule has 0 aliphatic carbocycles. The van der Waals surface area contributed by atoms with Crippen molar-refractivity contribution in [2.75, 3.05) is 6.54 Å². The highest BCUT2D eigenvalue weighted by Gasteiger charge is 2.25. The molecule has 0 aliphatic heterocycles. The standard InChI is InChI=1S/C16H21N5O3S.N2/c17-15(22)13(8-4-10-20-16(18)19)21-25(23,24)14-9-3-6-11-5-1-2-7-12(11)14;1-2/h1-3,5-7,9,13,21H,4,8,10H2,(H2,17,22)(H4,18,19,20);/t13-;/m0./s1. The fraction of sp³-hybridized carbons (Fsp3) is 0.250. The second-order valence-electron chi connectivity index (χ2n) is 5.50. The number of sulfonamides is 1. The SMILES string of the molecule is N#N.NC(=O)[C@H](CCCN=C(N)N)NS(=O)(=O)c1cccc2ccccc12. The number of carbonyl (C=O) groups excluding carboxylic acids is 1. The number of fused-ring (bicyclic) bond motifs is 1. The fourth-order valence-corrected chi connectivity index (χ4v) is 3.91. The van der Waals surface area contributed by atoms with Crippen LogP contribution in [0.4, 0.5) is 0 Å². The zero-order valence-electron chi connectivity index (χ0n) is 14.4. The van der Waals surface area contributed by atoms with Gasteiger partial charge in [-0.2, -0.15) is 4.72 Å². The molecule has 0 unspecified atom stereocenters. The maximum absolute atomic E-state index is 12.7. The molecule has 1 amide bonds. The average molecular weight is 391 g/mol. The summed E-state index contributed by atoms with van der Waals surface area (Å²) in [7, 11) is -3.92. The van der Waals surface area contributed by atoms with Crippen molar-refractivity contribution in [1.82, 2.24) is 4.72 Å². The highest BCUT2D eigenvalue weighted by atomic mass is 32.2. The van der Waals surface area contributed by atoms with Gasteiger partial charge in [-0.1, -0.05) is 36.4 Å². The van der Waals surface area contributed by atoms with E-state index < -0.39 is 22.0 Å². The number of hydrogen-bond acceptors (Lipinski definition) is 6. The van der Waals surface area contributed by atoms with Crippen molar-refractivity contribution in [3.05, 3.63) is 42.5 Å². The highest BCUT2D eigenvalue weighted by molar-refractivity contribution is 7.89. The third-order valence-electron chi connectivity index (χ3n) is 3.63. The molecular formula is C16H21N7O3S. The Balaban J connectivity index is 0.00000176. The van der Waals surface area contributed by atoms with Crippen LogP contribution in [0.3, 0.4) is 0 Å². The van der Waals surface area contributed by atoms with E-state index in [9.17, 15) is 13.2 Å². The number of hydrogen-bond donors (Lipinski definition) is 4. The molecule has 0 radical (unpaired) electrons. The summed E-state index contributed by atoms with van der Waals surface area (Å²) in [5.41, 5.74) is 15.8. The van der Waals surface area contributed by atoms with Crippen molar-refractivity contribution in [3.63, 3.8) is 0 Å². The van der Waals surface area contributed by atoms with Crippen molar-refractivity contribution in [2.45, 2.75) is 23.8 Å². The zero-order valence-corrected chi connectivity index (χ0v) is 15.3. The molecular weight excluding hydrogens is 370 g/mol. The lowest BCUT2D eigenvalue weighted by Crippen LogP contribution is -2.44. The van der Waals surface area contributed by atoms with Crippen molar-refractivity contribution in [2.24, 2.45) is 22.2 Å². The molecule has 2 rings (SSSR count). The van der Waals surface area contributed by atoms with Gasteiger partial charge in [0.15, 0.2) is 5.96 Å². The number of nitrogens with one attached hydrogen (secondary N) is 1. The van der Waals surface area contributed by atoms with E-state index in [2.05, 4.69) is 9.71 Å². The van der Waals surface area contributed by atoms with Crippen LogP contribution < -0.4 is 21.9 Å². The molecule has 0 saturated carbocycles. The fourth-order valence-electron chi connectivity index (χ4n) is 2.44. The molecule has 2 aromatic carbocycles. The van der Waals surface area contributed by atoms with Gasteiger partial charge in [-0.25, -0.2) is 8.42 Å². The van der Waals surface area contributed by atoms with Crippen LogP contribution in [0, 0.1) is 10.8 Å².